The highest BCUT2D eigenvalue weighted by Crippen LogP contribution is 2.47. The molecule has 2 N–H and O–H groups in total. The fourth-order valence-electron chi connectivity index (χ4n) is 7.03. The lowest BCUT2D eigenvalue weighted by atomic mass is 9.93. The highest BCUT2D eigenvalue weighted by Gasteiger charge is 2.48. The molecule has 8 nitrogen and oxygen atoms in total. The average Bonchev–Trinajstić information content (AvgIpc) is 3.91. The number of aryl methyl sites for hydroxylation is 4. The number of amides is 2. The van der Waals surface area contributed by atoms with E-state index in [1.54, 1.807) is 11.8 Å². The molecular formula is C37H56N6O2S2Si. The number of carbonyl (C=O) groups is 2. The SMILES string of the molecule is CSC1(c2ncc(CCc3ccc(CCc4cnc(C5CCCN5C(=O)C(S)C(C)C(C)C)[nH]4)cc3)[nH]2)CCCN1C(=O)C([SiH3])C(C)C. The van der Waals surface area contributed by atoms with Gasteiger partial charge in [0.25, 0.3) is 0 Å². The van der Waals surface area contributed by atoms with Crippen molar-refractivity contribution in [3.05, 3.63) is 70.8 Å². The predicted octanol–water partition coefficient (Wildman–Crippen LogP) is 5.91. The van der Waals surface area contributed by atoms with Crippen LogP contribution in [0.15, 0.2) is 36.7 Å². The van der Waals surface area contributed by atoms with Crippen LogP contribution in [0, 0.1) is 17.8 Å². The summed E-state index contributed by atoms with van der Waals surface area (Å²) in [5, 5.41) is -0.286. The van der Waals surface area contributed by atoms with E-state index in [-0.39, 0.29) is 33.5 Å². The lowest BCUT2D eigenvalue weighted by Gasteiger charge is -2.37. The van der Waals surface area contributed by atoms with Crippen molar-refractivity contribution in [2.24, 2.45) is 17.8 Å². The van der Waals surface area contributed by atoms with E-state index in [2.05, 4.69) is 80.0 Å². The van der Waals surface area contributed by atoms with Gasteiger partial charge >= 0.3 is 0 Å². The smallest absolute Gasteiger partial charge is 0.236 e. The van der Waals surface area contributed by atoms with Gasteiger partial charge in [-0.25, -0.2) is 9.97 Å². The lowest BCUT2D eigenvalue weighted by molar-refractivity contribution is -0.134. The number of aromatic nitrogens is 4. The number of likely N-dealkylation sites (tertiary alicyclic amines) is 2. The van der Waals surface area contributed by atoms with E-state index in [9.17, 15) is 9.59 Å². The first-order chi connectivity index (χ1) is 22.9. The number of nitrogens with zero attached hydrogens (tertiary/aromatic N) is 4. The maximum Gasteiger partial charge on any atom is 0.236 e. The van der Waals surface area contributed by atoms with Crippen molar-refractivity contribution >= 4 is 46.4 Å². The first-order valence-electron chi connectivity index (χ1n) is 18.0. The molecule has 48 heavy (non-hydrogen) atoms. The molecule has 2 fully saturated rings. The van der Waals surface area contributed by atoms with Gasteiger partial charge in [0.1, 0.15) is 16.5 Å². The van der Waals surface area contributed by atoms with Crippen molar-refractivity contribution in [3.8, 4) is 0 Å². The predicted molar refractivity (Wildman–Crippen MR) is 204 cm³/mol. The van der Waals surface area contributed by atoms with Gasteiger partial charge < -0.3 is 19.8 Å². The van der Waals surface area contributed by atoms with Crippen molar-refractivity contribution in [1.82, 2.24) is 29.7 Å². The molecule has 11 heteroatoms. The Morgan fingerprint density at radius 2 is 1.54 bits per heavy atom. The van der Waals surface area contributed by atoms with Gasteiger partial charge in [0, 0.05) is 52.7 Å². The van der Waals surface area contributed by atoms with Crippen LogP contribution in [0.5, 0.6) is 0 Å². The van der Waals surface area contributed by atoms with Crippen LogP contribution < -0.4 is 0 Å². The standard InChI is InChI=1S/C37H56N6O2S2Si/c1-23(2)25(5)31(46)34(44)42-19-7-9-30(42)33-38-21-28(40-33)16-14-26-10-12-27(13-11-26)15-17-29-22-39-36(41-29)37(47-6)18-8-20-43(37)35(45)32(48)24(3)4/h10-13,21-25,30-32,46H,7-9,14-20H2,1-6,48H3,(H,38,40)(H,39,41). The maximum atomic E-state index is 13.4. The summed E-state index contributed by atoms with van der Waals surface area (Å²) in [6, 6.07) is 8.93. The quantitative estimate of drug-likeness (QED) is 0.143. The second-order valence-electron chi connectivity index (χ2n) is 14.7. The molecule has 2 aliphatic rings. The number of benzene rings is 1. The van der Waals surface area contributed by atoms with Crippen LogP contribution in [-0.4, -0.2) is 76.4 Å². The average molecular weight is 709 g/mol. The van der Waals surface area contributed by atoms with E-state index in [4.69, 9.17) is 22.6 Å². The summed E-state index contributed by atoms with van der Waals surface area (Å²) in [7, 11) is 0.870. The second kappa shape index (κ2) is 16.0. The number of thioether (sulfide) groups is 1. The normalized spacial score (nSPS) is 21.8. The summed E-state index contributed by atoms with van der Waals surface area (Å²) in [6.45, 7) is 12.3. The van der Waals surface area contributed by atoms with Gasteiger partial charge in [0.05, 0.1) is 11.3 Å². The Kier molecular flexibility index (Phi) is 12.3. The fraction of sp³-hybridized carbons (Fsp3) is 0.622. The number of H-pyrrole nitrogens is 2. The van der Waals surface area contributed by atoms with Gasteiger partial charge in [-0.1, -0.05) is 58.9 Å². The third-order valence-electron chi connectivity index (χ3n) is 11.0. The van der Waals surface area contributed by atoms with Crippen LogP contribution in [0.3, 0.4) is 0 Å². The molecule has 5 rings (SSSR count). The van der Waals surface area contributed by atoms with Crippen molar-refractivity contribution in [2.75, 3.05) is 19.3 Å². The first kappa shape index (κ1) is 36.8. The molecule has 2 aliphatic heterocycles. The molecule has 5 unspecified atom stereocenters. The van der Waals surface area contributed by atoms with E-state index < -0.39 is 0 Å². The molecule has 0 saturated carbocycles. The number of hydrogen-bond acceptors (Lipinski definition) is 6. The molecule has 5 atom stereocenters. The monoisotopic (exact) mass is 708 g/mol. The summed E-state index contributed by atoms with van der Waals surface area (Å²) in [4.78, 5) is 47.1. The van der Waals surface area contributed by atoms with Gasteiger partial charge in [-0.2, -0.15) is 12.6 Å². The van der Waals surface area contributed by atoms with Crippen LogP contribution in [0.1, 0.15) is 101 Å². The largest absolute Gasteiger partial charge is 0.344 e. The van der Waals surface area contributed by atoms with E-state index in [0.717, 1.165) is 97.7 Å². The van der Waals surface area contributed by atoms with Crippen LogP contribution in [0.4, 0.5) is 0 Å². The summed E-state index contributed by atoms with van der Waals surface area (Å²) in [5.41, 5.74) is 4.95. The Hall–Kier alpha value is -2.50. The van der Waals surface area contributed by atoms with Crippen molar-refractivity contribution in [2.45, 2.75) is 108 Å². The molecule has 0 radical (unpaired) electrons. The van der Waals surface area contributed by atoms with E-state index in [0.29, 0.717) is 17.7 Å². The Morgan fingerprint density at radius 1 is 0.917 bits per heavy atom. The maximum absolute atomic E-state index is 13.4. The minimum Gasteiger partial charge on any atom is -0.344 e. The van der Waals surface area contributed by atoms with Gasteiger partial charge in [0.2, 0.25) is 11.8 Å². The molecule has 0 spiro atoms. The molecule has 0 bridgehead atoms. The number of rotatable bonds is 14. The molecule has 2 amide bonds. The third kappa shape index (κ3) is 7.94. The number of nitrogens with one attached hydrogen (secondary N) is 2. The minimum atomic E-state index is -0.389. The number of thiol groups is 1. The molecule has 1 aromatic carbocycles. The van der Waals surface area contributed by atoms with E-state index in [1.165, 1.54) is 11.1 Å². The molecule has 0 aliphatic carbocycles. The van der Waals surface area contributed by atoms with Gasteiger partial charge in [-0.15, -0.1) is 11.8 Å². The summed E-state index contributed by atoms with van der Waals surface area (Å²) >= 11 is 6.46. The number of aromatic amines is 2. The summed E-state index contributed by atoms with van der Waals surface area (Å²) in [6.07, 6.45) is 13.5. The molecule has 2 aromatic heterocycles. The molecule has 3 aromatic rings. The van der Waals surface area contributed by atoms with E-state index in [1.807, 2.05) is 17.3 Å². The number of imidazole rings is 2. The zero-order chi connectivity index (χ0) is 34.6. The lowest BCUT2D eigenvalue weighted by Crippen LogP contribution is -2.45. The van der Waals surface area contributed by atoms with Crippen LogP contribution >= 0.6 is 24.4 Å². The zero-order valence-corrected chi connectivity index (χ0v) is 33.7. The highest BCUT2D eigenvalue weighted by molar-refractivity contribution is 7.99. The molecule has 4 heterocycles. The Bertz CT molecular complexity index is 1520. The number of hydrogen-bond donors (Lipinski definition) is 3. The summed E-state index contributed by atoms with van der Waals surface area (Å²) < 4.78 is 0. The first-order valence-corrected chi connectivity index (χ1v) is 20.9. The Morgan fingerprint density at radius 3 is 2.15 bits per heavy atom. The van der Waals surface area contributed by atoms with Gasteiger partial charge in [-0.3, -0.25) is 9.59 Å². The minimum absolute atomic E-state index is 0.00595. The van der Waals surface area contributed by atoms with Crippen molar-refractivity contribution in [3.63, 3.8) is 0 Å². The molecule has 262 valence electrons. The molecule has 2 saturated heterocycles. The van der Waals surface area contributed by atoms with Gasteiger partial charge in [0.15, 0.2) is 0 Å². The fourth-order valence-corrected chi connectivity index (χ4v) is 8.88. The second-order valence-corrected chi connectivity index (χ2v) is 17.6. The third-order valence-corrected chi connectivity index (χ3v) is 14.8. The van der Waals surface area contributed by atoms with Crippen LogP contribution in [0.25, 0.3) is 0 Å². The van der Waals surface area contributed by atoms with Gasteiger partial charge in [-0.05, 0) is 86.5 Å². The molecular weight excluding hydrogens is 653 g/mol. The topological polar surface area (TPSA) is 98.0 Å². The Labute approximate surface area is 300 Å². The van der Waals surface area contributed by atoms with Crippen LogP contribution in [-0.2, 0) is 40.1 Å². The Balaban J connectivity index is 1.13. The van der Waals surface area contributed by atoms with E-state index >= 15 is 0 Å². The summed E-state index contributed by atoms with van der Waals surface area (Å²) in [5.74, 6) is 3.24. The highest BCUT2D eigenvalue weighted by atomic mass is 32.2. The number of carbonyl (C=O) groups excluding carboxylic acids is 2. The van der Waals surface area contributed by atoms with Crippen molar-refractivity contribution in [1.29, 1.82) is 0 Å². The zero-order valence-electron chi connectivity index (χ0n) is 30.0. The van der Waals surface area contributed by atoms with Crippen molar-refractivity contribution < 1.29 is 9.59 Å². The van der Waals surface area contributed by atoms with Crippen LogP contribution in [0.2, 0.25) is 5.54 Å².